The van der Waals surface area contributed by atoms with E-state index in [1.807, 2.05) is 12.1 Å². The lowest BCUT2D eigenvalue weighted by atomic mass is 9.89. The molecule has 0 amide bonds. The van der Waals surface area contributed by atoms with E-state index in [0.717, 1.165) is 96.0 Å². The Kier molecular flexibility index (Phi) is 16.6. The average molecular weight is 781 g/mol. The molecule has 0 atom stereocenters. The number of ether oxygens (including phenoxy) is 5. The highest BCUT2D eigenvalue weighted by atomic mass is 35.5. The molecule has 1 fully saturated rings. The van der Waals surface area contributed by atoms with E-state index in [-0.39, 0.29) is 28.1 Å². The minimum absolute atomic E-state index is 0.0204. The highest BCUT2D eigenvalue weighted by Crippen LogP contribution is 2.36. The number of benzene rings is 2. The molecule has 55 heavy (non-hydrogen) atoms. The summed E-state index contributed by atoms with van der Waals surface area (Å²) in [5.41, 5.74) is 2.30. The van der Waals surface area contributed by atoms with Crippen LogP contribution in [-0.2, 0) is 23.8 Å². The number of anilines is 2. The number of allylic oxidation sites excluding steroid dienone is 2. The lowest BCUT2D eigenvalue weighted by molar-refractivity contribution is -0.121. The molecule has 2 aromatic carbocycles. The van der Waals surface area contributed by atoms with Gasteiger partial charge in [0.1, 0.15) is 18.0 Å². The molecule has 0 radical (unpaired) electrons. The molecule has 1 N–H and O–H groups in total. The van der Waals surface area contributed by atoms with Crippen LogP contribution >= 0.6 is 11.6 Å². The maximum absolute atomic E-state index is 13.8. The number of carbonyl (C=O) groups excluding carboxylic acids is 2. The largest absolute Gasteiger partial charge is 0.490 e. The van der Waals surface area contributed by atoms with E-state index in [9.17, 15) is 14.0 Å². The highest BCUT2D eigenvalue weighted by molar-refractivity contribution is 6.31. The van der Waals surface area contributed by atoms with E-state index in [0.29, 0.717) is 72.5 Å². The fourth-order valence-electron chi connectivity index (χ4n) is 6.71. The van der Waals surface area contributed by atoms with Gasteiger partial charge in [0.2, 0.25) is 23.1 Å². The number of Topliss-reactive ketones (excluding diaryl/α,β-unsaturated/α-hetero) is 2. The molecule has 13 heteroatoms. The van der Waals surface area contributed by atoms with Crippen LogP contribution in [0.15, 0.2) is 59.3 Å². The SMILES string of the molecule is CCOC1=C(OCC)C(=O)C(CCCCCCCCCCOc2cc3ncnc(Nc4ccc(F)c(Cl)c4)c3cc2OCCCN2CCOCC2)=C(C)C1=O. The Labute approximate surface area is 328 Å². The molecule has 0 bridgehead atoms. The molecule has 1 saturated heterocycles. The van der Waals surface area contributed by atoms with Crippen molar-refractivity contribution in [1.82, 2.24) is 14.9 Å². The first-order valence-corrected chi connectivity index (χ1v) is 20.0. The first-order valence-electron chi connectivity index (χ1n) is 19.7. The van der Waals surface area contributed by atoms with Gasteiger partial charge in [0.25, 0.3) is 0 Å². The molecular weight excluding hydrogens is 727 g/mol. The zero-order valence-corrected chi connectivity index (χ0v) is 33.1. The van der Waals surface area contributed by atoms with E-state index >= 15 is 0 Å². The van der Waals surface area contributed by atoms with Crippen LogP contribution < -0.4 is 14.8 Å². The van der Waals surface area contributed by atoms with Gasteiger partial charge in [-0.25, -0.2) is 14.4 Å². The number of halogens is 2. The van der Waals surface area contributed by atoms with Gasteiger partial charge in [-0.2, -0.15) is 0 Å². The van der Waals surface area contributed by atoms with Crippen molar-refractivity contribution in [2.75, 3.05) is 64.6 Å². The van der Waals surface area contributed by atoms with Crippen LogP contribution in [0.1, 0.15) is 85.0 Å². The van der Waals surface area contributed by atoms with Crippen molar-refractivity contribution in [3.63, 3.8) is 0 Å². The summed E-state index contributed by atoms with van der Waals surface area (Å²) in [6.45, 7) is 11.2. The van der Waals surface area contributed by atoms with Crippen molar-refractivity contribution in [2.45, 2.75) is 85.0 Å². The van der Waals surface area contributed by atoms with Crippen molar-refractivity contribution in [1.29, 1.82) is 0 Å². The molecule has 2 heterocycles. The number of fused-ring (bicyclic) bond motifs is 1. The van der Waals surface area contributed by atoms with Gasteiger partial charge >= 0.3 is 0 Å². The summed E-state index contributed by atoms with van der Waals surface area (Å²) in [6.07, 6.45) is 11.1. The van der Waals surface area contributed by atoms with Crippen molar-refractivity contribution in [3.8, 4) is 11.5 Å². The molecular formula is C42H54ClFN4O7. The van der Waals surface area contributed by atoms with Crippen LogP contribution in [0.2, 0.25) is 5.02 Å². The zero-order valence-electron chi connectivity index (χ0n) is 32.4. The summed E-state index contributed by atoms with van der Waals surface area (Å²) >= 11 is 6.02. The van der Waals surface area contributed by atoms with E-state index in [2.05, 4.69) is 20.2 Å². The van der Waals surface area contributed by atoms with Gasteiger partial charge in [-0.15, -0.1) is 0 Å². The summed E-state index contributed by atoms with van der Waals surface area (Å²) in [4.78, 5) is 37.3. The first kappa shape index (κ1) is 41.9. The third-order valence-corrected chi connectivity index (χ3v) is 9.99. The Morgan fingerprint density at radius 2 is 1.44 bits per heavy atom. The summed E-state index contributed by atoms with van der Waals surface area (Å²) in [5.74, 6) is 0.921. The number of morpholine rings is 1. The van der Waals surface area contributed by atoms with E-state index in [4.69, 9.17) is 35.3 Å². The molecule has 1 aliphatic heterocycles. The molecule has 2 aliphatic rings. The second-order valence-electron chi connectivity index (χ2n) is 13.7. The van der Waals surface area contributed by atoms with Gasteiger partial charge in [-0.05, 0) is 70.7 Å². The minimum Gasteiger partial charge on any atom is -0.490 e. The second-order valence-corrected chi connectivity index (χ2v) is 14.1. The third-order valence-electron chi connectivity index (χ3n) is 9.71. The smallest absolute Gasteiger partial charge is 0.228 e. The molecule has 3 aromatic rings. The van der Waals surface area contributed by atoms with Gasteiger partial charge in [-0.1, -0.05) is 50.1 Å². The number of nitrogens with zero attached hydrogens (tertiary/aromatic N) is 3. The molecule has 0 unspecified atom stereocenters. The summed E-state index contributed by atoms with van der Waals surface area (Å²) in [6, 6.07) is 8.23. The van der Waals surface area contributed by atoms with Crippen molar-refractivity contribution < 1.29 is 37.7 Å². The molecule has 11 nitrogen and oxygen atoms in total. The maximum Gasteiger partial charge on any atom is 0.228 e. The molecule has 5 rings (SSSR count). The van der Waals surface area contributed by atoms with Crippen molar-refractivity contribution in [3.05, 3.63) is 70.2 Å². The maximum atomic E-state index is 13.8. The van der Waals surface area contributed by atoms with Gasteiger partial charge in [0, 0.05) is 47.9 Å². The minimum atomic E-state index is -0.490. The highest BCUT2D eigenvalue weighted by Gasteiger charge is 2.34. The Morgan fingerprint density at radius 3 is 2.13 bits per heavy atom. The molecule has 0 saturated carbocycles. The van der Waals surface area contributed by atoms with Gasteiger partial charge < -0.3 is 29.0 Å². The lowest BCUT2D eigenvalue weighted by Gasteiger charge is -2.26. The average Bonchev–Trinajstić information content (AvgIpc) is 3.19. The van der Waals surface area contributed by atoms with Crippen LogP contribution in [0.25, 0.3) is 10.9 Å². The molecule has 298 valence electrons. The zero-order chi connectivity index (χ0) is 39.0. The Morgan fingerprint density at radius 1 is 0.800 bits per heavy atom. The number of ketones is 2. The summed E-state index contributed by atoms with van der Waals surface area (Å²) in [7, 11) is 0. The molecule has 1 aliphatic carbocycles. The Hall–Kier alpha value is -4.26. The topological polar surface area (TPSA) is 121 Å². The number of aromatic nitrogens is 2. The first-order chi connectivity index (χ1) is 26.8. The van der Waals surface area contributed by atoms with Crippen LogP contribution in [0.4, 0.5) is 15.9 Å². The van der Waals surface area contributed by atoms with Crippen LogP contribution in [0, 0.1) is 5.82 Å². The molecule has 0 spiro atoms. The number of hydrogen-bond donors (Lipinski definition) is 1. The quantitative estimate of drug-likeness (QED) is 0.0734. The third kappa shape index (κ3) is 11.9. The Balaban J connectivity index is 1.08. The van der Waals surface area contributed by atoms with E-state index in [1.54, 1.807) is 26.8 Å². The molecule has 1 aromatic heterocycles. The fraction of sp³-hybridized carbons (Fsp3) is 0.524. The normalized spacial score (nSPS) is 15.2. The number of rotatable bonds is 23. The summed E-state index contributed by atoms with van der Waals surface area (Å²) in [5, 5.41) is 4.00. The van der Waals surface area contributed by atoms with Gasteiger partial charge in [0.05, 0.1) is 50.2 Å². The van der Waals surface area contributed by atoms with E-state index in [1.165, 1.54) is 18.5 Å². The number of carbonyl (C=O) groups is 2. The van der Waals surface area contributed by atoms with Gasteiger partial charge in [0.15, 0.2) is 11.5 Å². The van der Waals surface area contributed by atoms with Gasteiger partial charge in [-0.3, -0.25) is 14.5 Å². The fourth-order valence-corrected chi connectivity index (χ4v) is 6.89. The summed E-state index contributed by atoms with van der Waals surface area (Å²) < 4.78 is 42.9. The van der Waals surface area contributed by atoms with Crippen LogP contribution in [0.3, 0.4) is 0 Å². The monoisotopic (exact) mass is 780 g/mol. The predicted molar refractivity (Wildman–Crippen MR) is 212 cm³/mol. The van der Waals surface area contributed by atoms with Crippen LogP contribution in [-0.4, -0.2) is 85.7 Å². The number of nitrogens with one attached hydrogen (secondary N) is 1. The second kappa shape index (κ2) is 21.7. The number of hydrogen-bond acceptors (Lipinski definition) is 11. The van der Waals surface area contributed by atoms with Crippen molar-refractivity contribution in [2.24, 2.45) is 0 Å². The predicted octanol–water partition coefficient (Wildman–Crippen LogP) is 8.91. The number of unbranched alkanes of at least 4 members (excludes halogenated alkanes) is 7. The standard InChI is InChI=1S/C42H54ClFN4O7/c1-4-52-40-38(49)29(3)31(39(50)41(40)53-5-2)15-12-10-8-6-7-9-11-13-21-54-37-27-35-32(26-36(37)55-22-14-18-48-19-23-51-24-20-48)42(46-28-45-35)47-30-16-17-34(44)33(43)25-30/h16-17,25-28H,4-15,18-24H2,1-3H3,(H,45,46,47). The van der Waals surface area contributed by atoms with Crippen LogP contribution in [0.5, 0.6) is 11.5 Å². The Bertz CT molecular complexity index is 1830. The van der Waals surface area contributed by atoms with Crippen molar-refractivity contribution >= 4 is 45.6 Å². The van der Waals surface area contributed by atoms with E-state index < -0.39 is 5.82 Å². The lowest BCUT2D eigenvalue weighted by Crippen LogP contribution is -2.37.